The molecule has 0 aromatic heterocycles. The summed E-state index contributed by atoms with van der Waals surface area (Å²) < 4.78 is 12.5. The number of thioether (sulfide) groups is 2. The van der Waals surface area contributed by atoms with Gasteiger partial charge in [-0.1, -0.05) is 129 Å². The SMILES string of the molecule is CCCCCCCCCCCCS[C@H]1CO[C@H]2[C@@H]1OC[C@H]2SCCCCCCCCCCCC. The van der Waals surface area contributed by atoms with Crippen LogP contribution in [0.2, 0.25) is 0 Å². The van der Waals surface area contributed by atoms with Crippen LogP contribution in [0.4, 0.5) is 0 Å². The highest BCUT2D eigenvalue weighted by Gasteiger charge is 2.47. The van der Waals surface area contributed by atoms with E-state index >= 15 is 0 Å². The van der Waals surface area contributed by atoms with Gasteiger partial charge in [0.05, 0.1) is 35.9 Å². The average molecular weight is 515 g/mol. The lowest BCUT2D eigenvalue weighted by atomic mass is 10.1. The second kappa shape index (κ2) is 21.7. The van der Waals surface area contributed by atoms with Crippen LogP contribution in [-0.2, 0) is 9.47 Å². The van der Waals surface area contributed by atoms with Crippen LogP contribution in [0.3, 0.4) is 0 Å². The highest BCUT2D eigenvalue weighted by molar-refractivity contribution is 8.00. The van der Waals surface area contributed by atoms with Crippen molar-refractivity contribution in [2.24, 2.45) is 0 Å². The maximum Gasteiger partial charge on any atom is 0.0989 e. The van der Waals surface area contributed by atoms with Crippen molar-refractivity contribution in [3.05, 3.63) is 0 Å². The van der Waals surface area contributed by atoms with E-state index in [0.717, 1.165) is 13.2 Å². The molecule has 0 radical (unpaired) electrons. The maximum absolute atomic E-state index is 6.24. The van der Waals surface area contributed by atoms with Gasteiger partial charge >= 0.3 is 0 Å². The van der Waals surface area contributed by atoms with Gasteiger partial charge in [0.2, 0.25) is 0 Å². The zero-order chi connectivity index (χ0) is 24.1. The van der Waals surface area contributed by atoms with Gasteiger partial charge in [-0.3, -0.25) is 0 Å². The minimum atomic E-state index is 0.360. The lowest BCUT2D eigenvalue weighted by Crippen LogP contribution is -2.29. The molecule has 2 aliphatic rings. The summed E-state index contributed by atoms with van der Waals surface area (Å²) in [5.41, 5.74) is 0. The molecule has 0 unspecified atom stereocenters. The molecule has 2 saturated heterocycles. The molecule has 202 valence electrons. The molecule has 0 bridgehead atoms. The normalized spacial score (nSPS) is 24.2. The Bertz CT molecular complexity index is 408. The summed E-state index contributed by atoms with van der Waals surface area (Å²) in [6.45, 7) is 6.41. The minimum Gasteiger partial charge on any atom is -0.373 e. The summed E-state index contributed by atoms with van der Waals surface area (Å²) >= 11 is 4.25. The van der Waals surface area contributed by atoms with Gasteiger partial charge in [0.15, 0.2) is 0 Å². The Labute approximate surface area is 222 Å². The van der Waals surface area contributed by atoms with Crippen LogP contribution in [0.1, 0.15) is 142 Å². The van der Waals surface area contributed by atoms with E-state index in [0.29, 0.717) is 22.7 Å². The first kappa shape index (κ1) is 30.8. The van der Waals surface area contributed by atoms with Crippen LogP contribution in [0.25, 0.3) is 0 Å². The third-order valence-electron chi connectivity index (χ3n) is 7.62. The average Bonchev–Trinajstić information content (AvgIpc) is 3.44. The van der Waals surface area contributed by atoms with E-state index in [4.69, 9.17) is 9.47 Å². The molecule has 2 aliphatic heterocycles. The highest BCUT2D eigenvalue weighted by Crippen LogP contribution is 2.39. The van der Waals surface area contributed by atoms with Gasteiger partial charge in [-0.2, -0.15) is 23.5 Å². The number of hydrogen-bond acceptors (Lipinski definition) is 4. The zero-order valence-electron chi connectivity index (χ0n) is 22.9. The smallest absolute Gasteiger partial charge is 0.0989 e. The van der Waals surface area contributed by atoms with Gasteiger partial charge in [-0.05, 0) is 24.3 Å². The predicted octanol–water partition coefficient (Wildman–Crippen LogP) is 9.83. The van der Waals surface area contributed by atoms with Gasteiger partial charge in [0.25, 0.3) is 0 Å². The van der Waals surface area contributed by atoms with Crippen LogP contribution < -0.4 is 0 Å². The van der Waals surface area contributed by atoms with Gasteiger partial charge in [0, 0.05) is 0 Å². The van der Waals surface area contributed by atoms with Crippen molar-refractivity contribution in [2.45, 2.75) is 165 Å². The van der Waals surface area contributed by atoms with Gasteiger partial charge < -0.3 is 9.47 Å². The Morgan fingerprint density at radius 3 is 1.06 bits per heavy atom. The lowest BCUT2D eigenvalue weighted by molar-refractivity contribution is 0.0745. The molecule has 2 heterocycles. The molecule has 4 atom stereocenters. The standard InChI is InChI=1S/C30H58O2S2/c1-3-5-7-9-11-13-15-17-19-21-23-33-27-25-31-30-28(26-32-29(27)30)34-24-22-20-18-16-14-12-10-8-6-4-2/h27-30H,3-26H2,1-2H3/t27-,28+,29-,30-/m1/s1. The van der Waals surface area contributed by atoms with Crippen LogP contribution in [0.5, 0.6) is 0 Å². The molecule has 0 saturated carbocycles. The van der Waals surface area contributed by atoms with E-state index in [1.54, 1.807) is 0 Å². The summed E-state index contributed by atoms with van der Waals surface area (Å²) in [6.07, 6.45) is 29.1. The van der Waals surface area contributed by atoms with E-state index in [1.807, 2.05) is 0 Å². The van der Waals surface area contributed by atoms with Crippen LogP contribution in [0, 0.1) is 0 Å². The van der Waals surface area contributed by atoms with Crippen molar-refractivity contribution >= 4 is 23.5 Å². The minimum absolute atomic E-state index is 0.360. The lowest BCUT2D eigenvalue weighted by Gasteiger charge is -2.16. The number of fused-ring (bicyclic) bond motifs is 1. The Balaban J connectivity index is 1.38. The van der Waals surface area contributed by atoms with Crippen molar-refractivity contribution in [1.29, 1.82) is 0 Å². The summed E-state index contributed by atoms with van der Waals surface area (Å²) in [6, 6.07) is 0. The van der Waals surface area contributed by atoms with Gasteiger partial charge in [-0.25, -0.2) is 0 Å². The van der Waals surface area contributed by atoms with Crippen LogP contribution in [0.15, 0.2) is 0 Å². The van der Waals surface area contributed by atoms with E-state index in [9.17, 15) is 0 Å². The fourth-order valence-corrected chi connectivity index (χ4v) is 7.91. The Hall–Kier alpha value is 0.620. The van der Waals surface area contributed by atoms with Crippen molar-refractivity contribution in [2.75, 3.05) is 24.7 Å². The second-order valence-corrected chi connectivity index (χ2v) is 13.5. The van der Waals surface area contributed by atoms with Crippen LogP contribution >= 0.6 is 23.5 Å². The molecule has 2 nitrogen and oxygen atoms in total. The first-order chi connectivity index (χ1) is 16.9. The summed E-state index contributed by atoms with van der Waals surface area (Å²) in [5, 5.41) is 1.15. The molecule has 0 aromatic rings. The third kappa shape index (κ3) is 13.8. The quantitative estimate of drug-likeness (QED) is 0.119. The zero-order valence-corrected chi connectivity index (χ0v) is 24.5. The predicted molar refractivity (Wildman–Crippen MR) is 156 cm³/mol. The number of ether oxygens (including phenoxy) is 2. The molecular formula is C30H58O2S2. The number of hydrogen-bond donors (Lipinski definition) is 0. The maximum atomic E-state index is 6.24. The summed E-state index contributed by atoms with van der Waals surface area (Å²) in [4.78, 5) is 0. The number of rotatable bonds is 24. The van der Waals surface area contributed by atoms with Gasteiger partial charge in [0.1, 0.15) is 0 Å². The van der Waals surface area contributed by atoms with Crippen molar-refractivity contribution in [1.82, 2.24) is 0 Å². The van der Waals surface area contributed by atoms with Crippen molar-refractivity contribution in [3.8, 4) is 0 Å². The highest BCUT2D eigenvalue weighted by atomic mass is 32.2. The molecule has 0 spiro atoms. The van der Waals surface area contributed by atoms with Crippen molar-refractivity contribution < 1.29 is 9.47 Å². The Morgan fingerprint density at radius 2 is 0.735 bits per heavy atom. The monoisotopic (exact) mass is 514 g/mol. The van der Waals surface area contributed by atoms with E-state index < -0.39 is 0 Å². The topological polar surface area (TPSA) is 18.5 Å². The molecule has 2 fully saturated rings. The number of unbranched alkanes of at least 4 members (excludes halogenated alkanes) is 18. The Kier molecular flexibility index (Phi) is 19.7. The van der Waals surface area contributed by atoms with Crippen LogP contribution in [-0.4, -0.2) is 47.4 Å². The summed E-state index contributed by atoms with van der Waals surface area (Å²) in [7, 11) is 0. The van der Waals surface area contributed by atoms with E-state index in [-0.39, 0.29) is 0 Å². The molecule has 2 rings (SSSR count). The molecule has 0 N–H and O–H groups in total. The fraction of sp³-hybridized carbons (Fsp3) is 1.00. The molecule has 0 aliphatic carbocycles. The molecule has 34 heavy (non-hydrogen) atoms. The third-order valence-corrected chi connectivity index (χ3v) is 10.3. The molecule has 0 aromatic carbocycles. The first-order valence-corrected chi connectivity index (χ1v) is 17.4. The van der Waals surface area contributed by atoms with Gasteiger partial charge in [-0.15, -0.1) is 0 Å². The van der Waals surface area contributed by atoms with Crippen molar-refractivity contribution in [3.63, 3.8) is 0 Å². The second-order valence-electron chi connectivity index (χ2n) is 10.8. The van der Waals surface area contributed by atoms with E-state index in [1.165, 1.54) is 140 Å². The Morgan fingerprint density at radius 1 is 0.441 bits per heavy atom. The summed E-state index contributed by atoms with van der Waals surface area (Å²) in [5.74, 6) is 2.57. The molecule has 4 heteroatoms. The fourth-order valence-electron chi connectivity index (χ4n) is 5.36. The van der Waals surface area contributed by atoms with E-state index in [2.05, 4.69) is 37.4 Å². The largest absolute Gasteiger partial charge is 0.373 e. The first-order valence-electron chi connectivity index (χ1n) is 15.3. The molecular weight excluding hydrogens is 456 g/mol. The molecule has 0 amide bonds.